The highest BCUT2D eigenvalue weighted by Gasteiger charge is 2.17. The van der Waals surface area contributed by atoms with Crippen LogP contribution in [0, 0.1) is 12.2 Å². The molecule has 0 bridgehead atoms. The molecule has 0 aromatic carbocycles. The van der Waals surface area contributed by atoms with Gasteiger partial charge in [0, 0.05) is 31.8 Å². The molecule has 1 saturated heterocycles. The average molecular weight is 290 g/mol. The van der Waals surface area contributed by atoms with Gasteiger partial charge < -0.3 is 9.67 Å². The molecule has 1 aliphatic heterocycles. The summed E-state index contributed by atoms with van der Waals surface area (Å²) in [4.78, 5) is 18.1. The Labute approximate surface area is 121 Å². The van der Waals surface area contributed by atoms with Gasteiger partial charge in [0.15, 0.2) is 0 Å². The first-order valence-corrected chi connectivity index (χ1v) is 7.02. The zero-order chi connectivity index (χ0) is 14.8. The molecule has 3 rings (SSSR count). The van der Waals surface area contributed by atoms with E-state index in [0.29, 0.717) is 30.7 Å². The molecular formula is C15H17FN3O2. The van der Waals surface area contributed by atoms with E-state index in [4.69, 9.17) is 0 Å². The van der Waals surface area contributed by atoms with Crippen molar-refractivity contribution in [3.8, 4) is 0 Å². The zero-order valence-corrected chi connectivity index (χ0v) is 11.6. The van der Waals surface area contributed by atoms with Crippen molar-refractivity contribution in [2.24, 2.45) is 0 Å². The van der Waals surface area contributed by atoms with Crippen LogP contribution in [-0.2, 0) is 6.54 Å². The zero-order valence-electron chi connectivity index (χ0n) is 11.6. The molecule has 0 unspecified atom stereocenters. The number of β-amino-alcohol motifs (C(OH)–C–C–N with tert-alkyl or cyclic N) is 1. The Balaban J connectivity index is 1.84. The first-order chi connectivity index (χ1) is 10.1. The summed E-state index contributed by atoms with van der Waals surface area (Å²) >= 11 is 0. The maximum atomic E-state index is 13.4. The maximum absolute atomic E-state index is 13.4. The molecule has 111 valence electrons. The minimum atomic E-state index is -0.454. The lowest BCUT2D eigenvalue weighted by Crippen LogP contribution is -2.41. The molecule has 0 aliphatic carbocycles. The highest BCUT2D eigenvalue weighted by molar-refractivity contribution is 5.74. The predicted octanol–water partition coefficient (Wildman–Crippen LogP) is 0.806. The predicted molar refractivity (Wildman–Crippen MR) is 77.3 cm³/mol. The second-order valence-corrected chi connectivity index (χ2v) is 5.27. The summed E-state index contributed by atoms with van der Waals surface area (Å²) in [5, 5.41) is 9.61. The Bertz CT molecular complexity index is 701. The van der Waals surface area contributed by atoms with Crippen molar-refractivity contribution >= 4 is 11.0 Å². The van der Waals surface area contributed by atoms with E-state index >= 15 is 0 Å². The molecule has 1 fully saturated rings. The van der Waals surface area contributed by atoms with Crippen LogP contribution in [0.5, 0.6) is 0 Å². The smallest absolute Gasteiger partial charge is 0.251 e. The molecule has 0 spiro atoms. The van der Waals surface area contributed by atoms with Gasteiger partial charge >= 0.3 is 0 Å². The highest BCUT2D eigenvalue weighted by Crippen LogP contribution is 2.12. The third-order valence-electron chi connectivity index (χ3n) is 3.77. The number of aliphatic hydroxyl groups is 1. The lowest BCUT2D eigenvalue weighted by atomic mass is 10.1. The van der Waals surface area contributed by atoms with E-state index in [9.17, 15) is 14.3 Å². The topological polar surface area (TPSA) is 58.4 Å². The van der Waals surface area contributed by atoms with Crippen LogP contribution in [0.25, 0.3) is 11.0 Å². The van der Waals surface area contributed by atoms with Gasteiger partial charge in [-0.25, -0.2) is 4.39 Å². The van der Waals surface area contributed by atoms with E-state index in [1.165, 1.54) is 16.7 Å². The Morgan fingerprint density at radius 1 is 1.38 bits per heavy atom. The number of hydrogen-bond donors (Lipinski definition) is 1. The molecule has 1 atom stereocenters. The van der Waals surface area contributed by atoms with E-state index in [1.54, 1.807) is 6.07 Å². The van der Waals surface area contributed by atoms with E-state index < -0.39 is 11.9 Å². The van der Waals surface area contributed by atoms with Crippen LogP contribution < -0.4 is 5.56 Å². The Morgan fingerprint density at radius 2 is 2.24 bits per heavy atom. The van der Waals surface area contributed by atoms with E-state index in [2.05, 4.69) is 9.88 Å². The van der Waals surface area contributed by atoms with Crippen molar-refractivity contribution in [1.82, 2.24) is 14.5 Å². The van der Waals surface area contributed by atoms with Crippen LogP contribution >= 0.6 is 0 Å². The Kier molecular flexibility index (Phi) is 3.98. The van der Waals surface area contributed by atoms with Gasteiger partial charge in [-0.3, -0.25) is 14.7 Å². The van der Waals surface area contributed by atoms with Crippen LogP contribution in [0.15, 0.2) is 29.2 Å². The fourth-order valence-corrected chi connectivity index (χ4v) is 2.70. The summed E-state index contributed by atoms with van der Waals surface area (Å²) in [5.41, 5.74) is 0.939. The number of aromatic nitrogens is 2. The SMILES string of the molecule is O=c1ccc2ncc(F)cc2n1CCN1CC[CH][C@@H](O)C1. The summed E-state index contributed by atoms with van der Waals surface area (Å²) in [5.74, 6) is -0.454. The highest BCUT2D eigenvalue weighted by atomic mass is 19.1. The van der Waals surface area contributed by atoms with Crippen molar-refractivity contribution in [3.63, 3.8) is 0 Å². The summed E-state index contributed by atoms with van der Waals surface area (Å²) in [6.07, 6.45) is 3.46. The molecule has 5 nitrogen and oxygen atoms in total. The normalized spacial score (nSPS) is 20.0. The lowest BCUT2D eigenvalue weighted by molar-refractivity contribution is 0.105. The van der Waals surface area contributed by atoms with Crippen LogP contribution in [-0.4, -0.2) is 45.3 Å². The van der Waals surface area contributed by atoms with Gasteiger partial charge in [-0.1, -0.05) is 0 Å². The van der Waals surface area contributed by atoms with E-state index in [0.717, 1.165) is 19.2 Å². The van der Waals surface area contributed by atoms with Gasteiger partial charge in [0.05, 0.1) is 23.3 Å². The van der Waals surface area contributed by atoms with Gasteiger partial charge in [-0.05, 0) is 25.5 Å². The molecule has 1 aliphatic rings. The first-order valence-electron chi connectivity index (χ1n) is 7.02. The third-order valence-corrected chi connectivity index (χ3v) is 3.77. The van der Waals surface area contributed by atoms with Crippen LogP contribution in [0.3, 0.4) is 0 Å². The van der Waals surface area contributed by atoms with Gasteiger partial charge in [-0.2, -0.15) is 0 Å². The molecule has 0 saturated carbocycles. The van der Waals surface area contributed by atoms with Crippen molar-refractivity contribution in [1.29, 1.82) is 0 Å². The van der Waals surface area contributed by atoms with Gasteiger partial charge in [-0.15, -0.1) is 0 Å². The average Bonchev–Trinajstić information content (AvgIpc) is 2.46. The van der Waals surface area contributed by atoms with Crippen LogP contribution in [0.4, 0.5) is 4.39 Å². The standard InChI is InChI=1S/C15H17FN3O2/c16-11-8-14-13(17-9-11)3-4-15(21)19(14)7-6-18-5-1-2-12(20)10-18/h2-4,8-9,12,20H,1,5-7,10H2/t12-/m1/s1. The van der Waals surface area contributed by atoms with Gasteiger partial charge in [0.2, 0.25) is 0 Å². The van der Waals surface area contributed by atoms with Crippen molar-refractivity contribution < 1.29 is 9.50 Å². The minimum Gasteiger partial charge on any atom is -0.391 e. The summed E-state index contributed by atoms with van der Waals surface area (Å²) in [7, 11) is 0. The molecule has 0 amide bonds. The largest absolute Gasteiger partial charge is 0.391 e. The van der Waals surface area contributed by atoms with Crippen molar-refractivity contribution in [3.05, 3.63) is 47.0 Å². The summed E-state index contributed by atoms with van der Waals surface area (Å²) in [6.45, 7) is 2.53. The number of rotatable bonds is 3. The third kappa shape index (κ3) is 3.11. The molecule has 2 aromatic rings. The van der Waals surface area contributed by atoms with Crippen molar-refractivity contribution in [2.75, 3.05) is 19.6 Å². The number of fused-ring (bicyclic) bond motifs is 1. The molecule has 6 heteroatoms. The second-order valence-electron chi connectivity index (χ2n) is 5.27. The number of likely N-dealkylation sites (tertiary alicyclic amines) is 1. The lowest BCUT2D eigenvalue weighted by Gasteiger charge is -2.29. The maximum Gasteiger partial charge on any atom is 0.251 e. The molecule has 1 N–H and O–H groups in total. The number of halogens is 1. The second kappa shape index (κ2) is 5.91. The van der Waals surface area contributed by atoms with E-state index in [1.807, 2.05) is 6.42 Å². The van der Waals surface area contributed by atoms with Gasteiger partial charge in [0.1, 0.15) is 5.82 Å². The Hall–Kier alpha value is -1.79. The monoisotopic (exact) mass is 290 g/mol. The minimum absolute atomic E-state index is 0.168. The molecule has 3 heterocycles. The fraction of sp³-hybridized carbons (Fsp3) is 0.400. The first kappa shape index (κ1) is 14.2. The van der Waals surface area contributed by atoms with E-state index in [-0.39, 0.29) is 5.56 Å². The Morgan fingerprint density at radius 3 is 3.05 bits per heavy atom. The quantitative estimate of drug-likeness (QED) is 0.908. The number of hydrogen-bond acceptors (Lipinski definition) is 4. The molecule has 2 aromatic heterocycles. The number of piperidine rings is 1. The van der Waals surface area contributed by atoms with Crippen LogP contribution in [0.1, 0.15) is 6.42 Å². The number of nitrogens with zero attached hydrogens (tertiary/aromatic N) is 3. The molecule has 21 heavy (non-hydrogen) atoms. The fourth-order valence-electron chi connectivity index (χ4n) is 2.70. The van der Waals surface area contributed by atoms with Crippen molar-refractivity contribution in [2.45, 2.75) is 19.1 Å². The summed E-state index contributed by atoms with van der Waals surface area (Å²) < 4.78 is 14.9. The van der Waals surface area contributed by atoms with Gasteiger partial charge in [0.25, 0.3) is 5.56 Å². The summed E-state index contributed by atoms with van der Waals surface area (Å²) in [6, 6.07) is 4.39. The van der Waals surface area contributed by atoms with Crippen LogP contribution in [0.2, 0.25) is 0 Å². The molecular weight excluding hydrogens is 273 g/mol. The number of aliphatic hydroxyl groups excluding tert-OH is 1. The number of pyridine rings is 2. The molecule has 1 radical (unpaired) electrons.